The molecule has 0 bridgehead atoms. The fourth-order valence-electron chi connectivity index (χ4n) is 2.02. The molecule has 6 heteroatoms. The van der Waals surface area contributed by atoms with E-state index in [1.807, 2.05) is 20.8 Å². The third-order valence-corrected chi connectivity index (χ3v) is 4.41. The average Bonchev–Trinajstić information content (AvgIpc) is 2.69. The molecule has 0 aliphatic carbocycles. The number of benzene rings is 2. The number of aliphatic hydroxyl groups is 2. The molecule has 2 aromatic rings. The smallest absolute Gasteiger partial charge is 0.335 e. The number of carboxylic acids is 2. The van der Waals surface area contributed by atoms with Gasteiger partial charge in [-0.1, -0.05) is 57.2 Å². The largest absolute Gasteiger partial charge is 0.478 e. The van der Waals surface area contributed by atoms with Gasteiger partial charge in [-0.3, -0.25) is 0 Å². The summed E-state index contributed by atoms with van der Waals surface area (Å²) in [4.78, 5) is 20.4. The van der Waals surface area contributed by atoms with Gasteiger partial charge in [-0.05, 0) is 43.5 Å². The van der Waals surface area contributed by atoms with Crippen LogP contribution in [0, 0.1) is 5.92 Å². The summed E-state index contributed by atoms with van der Waals surface area (Å²) in [6.07, 6.45) is 0.816. The van der Waals surface area contributed by atoms with Gasteiger partial charge in [0.15, 0.2) is 0 Å². The Morgan fingerprint density at radius 1 is 0.862 bits per heavy atom. The van der Waals surface area contributed by atoms with E-state index in [2.05, 4.69) is 0 Å². The lowest BCUT2D eigenvalue weighted by Crippen LogP contribution is -2.35. The Kier molecular flexibility index (Phi) is 12.2. The molecule has 0 aromatic heterocycles. The van der Waals surface area contributed by atoms with E-state index in [4.69, 9.17) is 10.2 Å². The van der Waals surface area contributed by atoms with E-state index >= 15 is 0 Å². The fraction of sp³-hybridized carbons (Fsp3) is 0.391. The molecule has 2 unspecified atom stereocenters. The molecule has 160 valence electrons. The molecule has 0 saturated carbocycles. The van der Waals surface area contributed by atoms with Gasteiger partial charge in [0.05, 0.1) is 22.8 Å². The van der Waals surface area contributed by atoms with Crippen molar-refractivity contribution in [2.75, 3.05) is 0 Å². The zero-order valence-corrected chi connectivity index (χ0v) is 17.4. The standard InChI is InChI=1S/C9H20O2.2C7H6O2/c1-5-8(10)6-9(4,11)7(2)3;2*8-7(9)6-4-2-1-3-5-6/h7-8,10-11H,5-6H2,1-4H3;2*1-5H,(H,8,9). The van der Waals surface area contributed by atoms with Gasteiger partial charge in [0.25, 0.3) is 0 Å². The first-order valence-electron chi connectivity index (χ1n) is 9.48. The second-order valence-corrected chi connectivity index (χ2v) is 7.12. The number of hydrogen-bond donors (Lipinski definition) is 4. The normalized spacial score (nSPS) is 13.1. The van der Waals surface area contributed by atoms with Gasteiger partial charge in [-0.25, -0.2) is 9.59 Å². The third kappa shape index (κ3) is 11.7. The van der Waals surface area contributed by atoms with Gasteiger partial charge in [0, 0.05) is 6.42 Å². The van der Waals surface area contributed by atoms with Crippen LogP contribution in [0.5, 0.6) is 0 Å². The van der Waals surface area contributed by atoms with Crippen molar-refractivity contribution in [2.45, 2.75) is 52.2 Å². The Morgan fingerprint density at radius 2 is 1.21 bits per heavy atom. The summed E-state index contributed by atoms with van der Waals surface area (Å²) in [7, 11) is 0. The Balaban J connectivity index is 0.000000408. The molecule has 6 nitrogen and oxygen atoms in total. The summed E-state index contributed by atoms with van der Waals surface area (Å²) in [5, 5.41) is 35.8. The fourth-order valence-corrected chi connectivity index (χ4v) is 2.02. The van der Waals surface area contributed by atoms with E-state index in [0.717, 1.165) is 0 Å². The van der Waals surface area contributed by atoms with E-state index in [9.17, 15) is 19.8 Å². The third-order valence-electron chi connectivity index (χ3n) is 4.41. The van der Waals surface area contributed by atoms with Crippen LogP contribution in [0.25, 0.3) is 0 Å². The lowest BCUT2D eigenvalue weighted by molar-refractivity contribution is -0.0314. The highest BCUT2D eigenvalue weighted by Crippen LogP contribution is 2.22. The van der Waals surface area contributed by atoms with Crippen molar-refractivity contribution in [3.63, 3.8) is 0 Å². The van der Waals surface area contributed by atoms with E-state index < -0.39 is 17.5 Å². The van der Waals surface area contributed by atoms with Crippen molar-refractivity contribution in [1.82, 2.24) is 0 Å². The second-order valence-electron chi connectivity index (χ2n) is 7.12. The maximum absolute atomic E-state index is 10.2. The molecule has 0 aliphatic heterocycles. The molecular weight excluding hydrogens is 372 g/mol. The van der Waals surface area contributed by atoms with Crippen LogP contribution < -0.4 is 0 Å². The van der Waals surface area contributed by atoms with Gasteiger partial charge < -0.3 is 20.4 Å². The minimum absolute atomic E-state index is 0.198. The first-order valence-corrected chi connectivity index (χ1v) is 9.48. The molecule has 0 spiro atoms. The van der Waals surface area contributed by atoms with Gasteiger partial charge in [-0.2, -0.15) is 0 Å². The second kappa shape index (κ2) is 13.5. The zero-order chi connectivity index (χ0) is 22.4. The highest BCUT2D eigenvalue weighted by atomic mass is 16.4. The molecule has 4 N–H and O–H groups in total. The van der Waals surface area contributed by atoms with Crippen molar-refractivity contribution in [3.05, 3.63) is 71.8 Å². The van der Waals surface area contributed by atoms with Crippen molar-refractivity contribution in [2.24, 2.45) is 5.92 Å². The van der Waals surface area contributed by atoms with Crippen LogP contribution in [-0.2, 0) is 0 Å². The molecule has 0 fully saturated rings. The first kappa shape index (κ1) is 26.3. The van der Waals surface area contributed by atoms with Crippen molar-refractivity contribution < 1.29 is 30.0 Å². The van der Waals surface area contributed by atoms with Crippen molar-refractivity contribution in [3.8, 4) is 0 Å². The lowest BCUT2D eigenvalue weighted by Gasteiger charge is -2.29. The monoisotopic (exact) mass is 404 g/mol. The van der Waals surface area contributed by atoms with E-state index in [0.29, 0.717) is 24.0 Å². The summed E-state index contributed by atoms with van der Waals surface area (Å²) < 4.78 is 0. The Bertz CT molecular complexity index is 661. The Hall–Kier alpha value is -2.70. The van der Waals surface area contributed by atoms with Crippen LogP contribution in [0.1, 0.15) is 61.3 Å². The van der Waals surface area contributed by atoms with Crippen molar-refractivity contribution >= 4 is 11.9 Å². The maximum Gasteiger partial charge on any atom is 0.335 e. The van der Waals surface area contributed by atoms with Crippen LogP contribution in [0.3, 0.4) is 0 Å². The lowest BCUT2D eigenvalue weighted by atomic mass is 9.86. The molecular formula is C23H32O6. The van der Waals surface area contributed by atoms with Crippen molar-refractivity contribution in [1.29, 1.82) is 0 Å². The molecule has 0 aliphatic rings. The first-order chi connectivity index (χ1) is 13.5. The Labute approximate surface area is 172 Å². The average molecular weight is 405 g/mol. The summed E-state index contributed by atoms with van der Waals surface area (Å²) in [5.74, 6) is -1.56. The van der Waals surface area contributed by atoms with Gasteiger partial charge in [0.1, 0.15) is 0 Å². The molecule has 0 saturated heterocycles. The SMILES string of the molecule is CCC(O)CC(C)(O)C(C)C.O=C(O)c1ccccc1.O=C(O)c1ccccc1. The maximum atomic E-state index is 10.2. The van der Waals surface area contributed by atoms with Crippen LogP contribution in [-0.4, -0.2) is 44.1 Å². The Morgan fingerprint density at radius 3 is 1.41 bits per heavy atom. The summed E-state index contributed by atoms with van der Waals surface area (Å²) >= 11 is 0. The van der Waals surface area contributed by atoms with Gasteiger partial charge >= 0.3 is 11.9 Å². The molecule has 2 rings (SSSR count). The summed E-state index contributed by atoms with van der Waals surface area (Å²) in [5.41, 5.74) is -0.0647. The number of aliphatic hydroxyl groups excluding tert-OH is 1. The highest BCUT2D eigenvalue weighted by molar-refractivity contribution is 5.87. The predicted octanol–water partition coefficient (Wildman–Crippen LogP) is 4.32. The zero-order valence-electron chi connectivity index (χ0n) is 17.4. The van der Waals surface area contributed by atoms with Gasteiger partial charge in [-0.15, -0.1) is 0 Å². The van der Waals surface area contributed by atoms with E-state index in [1.165, 1.54) is 0 Å². The molecule has 29 heavy (non-hydrogen) atoms. The van der Waals surface area contributed by atoms with Gasteiger partial charge in [0.2, 0.25) is 0 Å². The van der Waals surface area contributed by atoms with Crippen LogP contribution in [0.2, 0.25) is 0 Å². The van der Waals surface area contributed by atoms with Crippen LogP contribution >= 0.6 is 0 Å². The minimum Gasteiger partial charge on any atom is -0.478 e. The summed E-state index contributed by atoms with van der Waals surface area (Å²) in [6, 6.07) is 16.6. The number of carboxylic acid groups (broad SMARTS) is 2. The predicted molar refractivity (Wildman–Crippen MR) is 113 cm³/mol. The molecule has 2 atom stereocenters. The highest BCUT2D eigenvalue weighted by Gasteiger charge is 2.27. The molecule has 0 radical (unpaired) electrons. The number of carbonyl (C=O) groups is 2. The van der Waals surface area contributed by atoms with Crippen LogP contribution in [0.4, 0.5) is 0 Å². The number of hydrogen-bond acceptors (Lipinski definition) is 4. The van der Waals surface area contributed by atoms with Crippen LogP contribution in [0.15, 0.2) is 60.7 Å². The molecule has 2 aromatic carbocycles. The minimum atomic E-state index is -0.879. The van der Waals surface area contributed by atoms with E-state index in [-0.39, 0.29) is 12.0 Å². The van der Waals surface area contributed by atoms with E-state index in [1.54, 1.807) is 67.6 Å². The molecule has 0 amide bonds. The molecule has 0 heterocycles. The topological polar surface area (TPSA) is 115 Å². The summed E-state index contributed by atoms with van der Waals surface area (Å²) in [6.45, 7) is 7.61. The number of aromatic carboxylic acids is 2. The number of rotatable bonds is 6. The quantitative estimate of drug-likeness (QED) is 0.570.